The van der Waals surface area contributed by atoms with Crippen LogP contribution in [0.25, 0.3) is 0 Å². The quantitative estimate of drug-likeness (QED) is 0.750. The van der Waals surface area contributed by atoms with Crippen molar-refractivity contribution in [3.05, 3.63) is 29.8 Å². The number of amides is 1. The van der Waals surface area contributed by atoms with Gasteiger partial charge in [0.25, 0.3) is 0 Å². The van der Waals surface area contributed by atoms with Crippen LogP contribution in [0.2, 0.25) is 0 Å². The molecule has 0 bridgehead atoms. The van der Waals surface area contributed by atoms with Crippen LogP contribution in [0.4, 0.5) is 36.4 Å². The number of carbonyl (C=O) groups excluding carboxylic acids is 1. The SMILES string of the molecule is CCC(C)c1ccc(NC(=O)C(F)(F)C(F)(F)C(F)(F)F)cc1. The minimum Gasteiger partial charge on any atom is -0.321 e. The second-order valence-electron chi connectivity index (χ2n) is 5.03. The molecule has 2 nitrogen and oxygen atoms in total. The van der Waals surface area contributed by atoms with E-state index in [1.807, 2.05) is 13.8 Å². The van der Waals surface area contributed by atoms with Gasteiger partial charge < -0.3 is 5.32 Å². The number of carbonyl (C=O) groups is 1. The fourth-order valence-corrected chi connectivity index (χ4v) is 1.66. The molecule has 0 saturated carbocycles. The van der Waals surface area contributed by atoms with Crippen molar-refractivity contribution in [3.8, 4) is 0 Å². The average Bonchev–Trinajstić information content (AvgIpc) is 2.45. The van der Waals surface area contributed by atoms with Crippen LogP contribution in [0.15, 0.2) is 24.3 Å². The Balaban J connectivity index is 2.94. The first-order chi connectivity index (χ1) is 10.3. The maximum atomic E-state index is 13.2. The Kier molecular flexibility index (Phi) is 5.33. The predicted octanol–water partition coefficient (Wildman–Crippen LogP) is 4.97. The van der Waals surface area contributed by atoms with Crippen LogP contribution in [0.5, 0.6) is 0 Å². The summed E-state index contributed by atoms with van der Waals surface area (Å²) < 4.78 is 87.8. The molecule has 0 spiro atoms. The van der Waals surface area contributed by atoms with Crippen LogP contribution >= 0.6 is 0 Å². The van der Waals surface area contributed by atoms with E-state index in [2.05, 4.69) is 0 Å². The Morgan fingerprint density at radius 1 is 1.04 bits per heavy atom. The Hall–Kier alpha value is -1.80. The highest BCUT2D eigenvalue weighted by Crippen LogP contribution is 2.46. The molecule has 0 aliphatic carbocycles. The lowest BCUT2D eigenvalue weighted by Crippen LogP contribution is -2.57. The molecule has 0 aliphatic rings. The maximum absolute atomic E-state index is 13.2. The summed E-state index contributed by atoms with van der Waals surface area (Å²) >= 11 is 0. The first kappa shape index (κ1) is 19.2. The summed E-state index contributed by atoms with van der Waals surface area (Å²) in [7, 11) is 0. The van der Waals surface area contributed by atoms with Crippen molar-refractivity contribution in [2.45, 2.75) is 44.2 Å². The van der Waals surface area contributed by atoms with Gasteiger partial charge in [-0.25, -0.2) is 0 Å². The van der Waals surface area contributed by atoms with Gasteiger partial charge in [-0.15, -0.1) is 0 Å². The number of anilines is 1. The van der Waals surface area contributed by atoms with Gasteiger partial charge >= 0.3 is 23.9 Å². The van der Waals surface area contributed by atoms with Gasteiger partial charge in [0, 0.05) is 5.69 Å². The van der Waals surface area contributed by atoms with E-state index in [9.17, 15) is 35.5 Å². The standard InChI is InChI=1S/C14H14F7NO/c1-3-8(2)9-4-6-10(7-5-9)22-11(23)12(15,16)13(17,18)14(19,20)21/h4-8H,3H2,1-2H3,(H,22,23). The Morgan fingerprint density at radius 2 is 1.52 bits per heavy atom. The molecule has 1 aromatic carbocycles. The highest BCUT2D eigenvalue weighted by atomic mass is 19.4. The van der Waals surface area contributed by atoms with Gasteiger partial charge in [0.15, 0.2) is 0 Å². The molecule has 1 atom stereocenters. The van der Waals surface area contributed by atoms with Crippen molar-refractivity contribution in [3.63, 3.8) is 0 Å². The zero-order chi connectivity index (χ0) is 18.1. The van der Waals surface area contributed by atoms with Crippen molar-refractivity contribution in [1.29, 1.82) is 0 Å². The van der Waals surface area contributed by atoms with E-state index in [1.165, 1.54) is 17.4 Å². The molecule has 0 aliphatic heterocycles. The van der Waals surface area contributed by atoms with E-state index in [0.717, 1.165) is 24.1 Å². The molecular formula is C14H14F7NO. The number of rotatable bonds is 5. The summed E-state index contributed by atoms with van der Waals surface area (Å²) in [6.45, 7) is 3.78. The van der Waals surface area contributed by atoms with Crippen LogP contribution < -0.4 is 5.32 Å². The van der Waals surface area contributed by atoms with Crippen molar-refractivity contribution in [2.24, 2.45) is 0 Å². The molecule has 130 valence electrons. The summed E-state index contributed by atoms with van der Waals surface area (Å²) in [6, 6.07) is 5.23. The first-order valence-electron chi connectivity index (χ1n) is 6.58. The van der Waals surface area contributed by atoms with E-state index in [1.54, 1.807) is 0 Å². The van der Waals surface area contributed by atoms with E-state index >= 15 is 0 Å². The van der Waals surface area contributed by atoms with Gasteiger partial charge in [0.2, 0.25) is 0 Å². The van der Waals surface area contributed by atoms with Crippen LogP contribution in [0.3, 0.4) is 0 Å². The first-order valence-corrected chi connectivity index (χ1v) is 6.58. The van der Waals surface area contributed by atoms with Gasteiger partial charge in [-0.1, -0.05) is 26.0 Å². The summed E-state index contributed by atoms with van der Waals surface area (Å²) in [5.41, 5.74) is 0.498. The lowest BCUT2D eigenvalue weighted by molar-refractivity contribution is -0.343. The van der Waals surface area contributed by atoms with Crippen LogP contribution in [0, 0.1) is 0 Å². The summed E-state index contributed by atoms with van der Waals surface area (Å²) in [6.07, 6.45) is -5.77. The number of halogens is 7. The van der Waals surface area contributed by atoms with Crippen LogP contribution in [-0.4, -0.2) is 23.9 Å². The number of hydrogen-bond donors (Lipinski definition) is 1. The molecule has 1 amide bonds. The molecule has 1 aromatic rings. The lowest BCUT2D eigenvalue weighted by atomic mass is 9.98. The molecule has 1 N–H and O–H groups in total. The molecular weight excluding hydrogens is 331 g/mol. The topological polar surface area (TPSA) is 29.1 Å². The van der Waals surface area contributed by atoms with Crippen LogP contribution in [0.1, 0.15) is 31.7 Å². The molecule has 9 heteroatoms. The van der Waals surface area contributed by atoms with E-state index < -0.39 is 23.9 Å². The second kappa shape index (κ2) is 6.37. The minimum absolute atomic E-state index is 0.135. The minimum atomic E-state index is -6.55. The average molecular weight is 345 g/mol. The van der Waals surface area contributed by atoms with Gasteiger partial charge in [-0.05, 0) is 30.0 Å². The second-order valence-corrected chi connectivity index (χ2v) is 5.03. The zero-order valence-corrected chi connectivity index (χ0v) is 12.1. The smallest absolute Gasteiger partial charge is 0.321 e. The number of nitrogens with one attached hydrogen (secondary N) is 1. The third-order valence-corrected chi connectivity index (χ3v) is 3.39. The third kappa shape index (κ3) is 3.76. The number of alkyl halides is 7. The van der Waals surface area contributed by atoms with Crippen molar-refractivity contribution in [2.75, 3.05) is 5.32 Å². The normalized spacial score (nSPS) is 14.5. The van der Waals surface area contributed by atoms with Crippen molar-refractivity contribution < 1.29 is 35.5 Å². The molecule has 0 saturated heterocycles. The molecule has 0 fully saturated rings. The third-order valence-electron chi connectivity index (χ3n) is 3.39. The zero-order valence-electron chi connectivity index (χ0n) is 12.1. The largest absolute Gasteiger partial charge is 0.460 e. The Morgan fingerprint density at radius 3 is 1.91 bits per heavy atom. The molecule has 1 unspecified atom stereocenters. The van der Waals surface area contributed by atoms with Crippen molar-refractivity contribution >= 4 is 11.6 Å². The fraction of sp³-hybridized carbons (Fsp3) is 0.500. The highest BCUT2D eigenvalue weighted by molar-refractivity contribution is 5.97. The summed E-state index contributed by atoms with van der Waals surface area (Å²) in [4.78, 5) is 11.2. The van der Waals surface area contributed by atoms with Crippen LogP contribution in [-0.2, 0) is 4.79 Å². The molecule has 0 heterocycles. The number of benzene rings is 1. The van der Waals surface area contributed by atoms with Gasteiger partial charge in [0.05, 0.1) is 0 Å². The predicted molar refractivity (Wildman–Crippen MR) is 69.7 cm³/mol. The number of hydrogen-bond acceptors (Lipinski definition) is 1. The van der Waals surface area contributed by atoms with Gasteiger partial charge in [0.1, 0.15) is 0 Å². The molecule has 23 heavy (non-hydrogen) atoms. The van der Waals surface area contributed by atoms with Gasteiger partial charge in [-0.2, -0.15) is 30.7 Å². The maximum Gasteiger partial charge on any atom is 0.460 e. The Bertz CT molecular complexity index is 551. The molecule has 0 radical (unpaired) electrons. The summed E-state index contributed by atoms with van der Waals surface area (Å²) in [5, 5.41) is 1.38. The van der Waals surface area contributed by atoms with E-state index in [0.29, 0.717) is 0 Å². The lowest BCUT2D eigenvalue weighted by Gasteiger charge is -2.27. The Labute approximate surface area is 127 Å². The van der Waals surface area contributed by atoms with Crippen molar-refractivity contribution in [1.82, 2.24) is 0 Å². The van der Waals surface area contributed by atoms with Gasteiger partial charge in [-0.3, -0.25) is 4.79 Å². The highest BCUT2D eigenvalue weighted by Gasteiger charge is 2.76. The fourth-order valence-electron chi connectivity index (χ4n) is 1.66. The monoisotopic (exact) mass is 345 g/mol. The van der Waals surface area contributed by atoms with E-state index in [-0.39, 0.29) is 11.6 Å². The molecule has 0 aromatic heterocycles. The molecule has 1 rings (SSSR count). The summed E-state index contributed by atoms with van der Waals surface area (Å²) in [5.74, 6) is -15.0. The van der Waals surface area contributed by atoms with E-state index in [4.69, 9.17) is 0 Å².